The van der Waals surface area contributed by atoms with Gasteiger partial charge in [0.05, 0.1) is 12.2 Å². The number of aryl methyl sites for hydroxylation is 2. The Labute approximate surface area is 188 Å². The van der Waals surface area contributed by atoms with Crippen LogP contribution in [0.2, 0.25) is 5.02 Å². The summed E-state index contributed by atoms with van der Waals surface area (Å²) < 4.78 is 13.1. The van der Waals surface area contributed by atoms with Gasteiger partial charge < -0.3 is 8.94 Å². The van der Waals surface area contributed by atoms with Crippen LogP contribution < -0.4 is 0 Å². The van der Waals surface area contributed by atoms with Crippen LogP contribution in [0.4, 0.5) is 0 Å². The minimum atomic E-state index is 0.293. The van der Waals surface area contributed by atoms with Gasteiger partial charge in [0.15, 0.2) is 5.69 Å². The molecule has 9 heteroatoms. The number of hydrogen-bond donors (Lipinski definition) is 0. The zero-order valence-electron chi connectivity index (χ0n) is 17.7. The van der Waals surface area contributed by atoms with Gasteiger partial charge in [-0.05, 0) is 45.0 Å². The van der Waals surface area contributed by atoms with Gasteiger partial charge in [-0.1, -0.05) is 51.8 Å². The Morgan fingerprint density at radius 3 is 2.56 bits per heavy atom. The zero-order chi connectivity index (χ0) is 22.2. The third kappa shape index (κ3) is 3.80. The van der Waals surface area contributed by atoms with E-state index in [0.29, 0.717) is 34.9 Å². The monoisotopic (exact) mass is 446 g/mol. The molecule has 5 aromatic rings. The molecule has 2 aromatic carbocycles. The van der Waals surface area contributed by atoms with E-state index in [-0.39, 0.29) is 0 Å². The molecule has 8 nitrogen and oxygen atoms in total. The molecule has 0 amide bonds. The van der Waals surface area contributed by atoms with Gasteiger partial charge in [0.1, 0.15) is 11.5 Å². The minimum absolute atomic E-state index is 0.293. The maximum absolute atomic E-state index is 6.06. The molecule has 3 aromatic heterocycles. The SMILES string of the molecule is Cc1cccc(-c2nc(Cn3nnc(-c4nc(-c5cccc(Cl)c5)no4)c3C)c(C)o2)c1. The molecule has 0 unspecified atom stereocenters. The van der Waals surface area contributed by atoms with Crippen LogP contribution in [0.3, 0.4) is 0 Å². The fourth-order valence-corrected chi connectivity index (χ4v) is 3.58. The zero-order valence-corrected chi connectivity index (χ0v) is 18.5. The molecule has 0 aliphatic carbocycles. The second-order valence-corrected chi connectivity index (χ2v) is 7.94. The summed E-state index contributed by atoms with van der Waals surface area (Å²) in [6.45, 7) is 6.24. The Bertz CT molecular complexity index is 1420. The first-order valence-electron chi connectivity index (χ1n) is 10.0. The minimum Gasteiger partial charge on any atom is -0.441 e. The van der Waals surface area contributed by atoms with Crippen molar-refractivity contribution in [2.45, 2.75) is 27.3 Å². The van der Waals surface area contributed by atoms with Crippen LogP contribution in [0.25, 0.3) is 34.4 Å². The van der Waals surface area contributed by atoms with Crippen molar-refractivity contribution in [3.05, 3.63) is 76.3 Å². The molecule has 0 spiro atoms. The quantitative estimate of drug-likeness (QED) is 0.362. The topological polar surface area (TPSA) is 95.7 Å². The first kappa shape index (κ1) is 20.1. The Balaban J connectivity index is 1.41. The predicted octanol–water partition coefficient (Wildman–Crippen LogP) is 5.28. The smallest absolute Gasteiger partial charge is 0.280 e. The lowest BCUT2D eigenvalue weighted by molar-refractivity contribution is 0.430. The first-order valence-corrected chi connectivity index (χ1v) is 10.4. The Morgan fingerprint density at radius 1 is 0.938 bits per heavy atom. The summed E-state index contributed by atoms with van der Waals surface area (Å²) in [6, 6.07) is 15.3. The van der Waals surface area contributed by atoms with Crippen molar-refractivity contribution < 1.29 is 8.94 Å². The highest BCUT2D eigenvalue weighted by Gasteiger charge is 2.20. The van der Waals surface area contributed by atoms with Gasteiger partial charge in [0, 0.05) is 16.1 Å². The number of nitrogens with zero attached hydrogens (tertiary/aromatic N) is 6. The van der Waals surface area contributed by atoms with Crippen LogP contribution in [-0.2, 0) is 6.54 Å². The molecule has 160 valence electrons. The van der Waals surface area contributed by atoms with Crippen LogP contribution in [0.1, 0.15) is 22.7 Å². The van der Waals surface area contributed by atoms with Gasteiger partial charge in [-0.3, -0.25) is 0 Å². The highest BCUT2D eigenvalue weighted by molar-refractivity contribution is 6.30. The van der Waals surface area contributed by atoms with E-state index in [4.69, 9.17) is 20.5 Å². The van der Waals surface area contributed by atoms with E-state index < -0.39 is 0 Å². The van der Waals surface area contributed by atoms with Crippen molar-refractivity contribution in [2.24, 2.45) is 0 Å². The largest absolute Gasteiger partial charge is 0.441 e. The van der Waals surface area contributed by atoms with Crippen molar-refractivity contribution in [1.82, 2.24) is 30.1 Å². The number of oxazole rings is 1. The molecule has 0 saturated heterocycles. The first-order chi connectivity index (χ1) is 15.5. The average molecular weight is 447 g/mol. The maximum Gasteiger partial charge on any atom is 0.280 e. The summed E-state index contributed by atoms with van der Waals surface area (Å²) in [5.41, 5.74) is 4.94. The molecule has 0 aliphatic rings. The van der Waals surface area contributed by atoms with Crippen molar-refractivity contribution >= 4 is 11.6 Å². The molecule has 0 bridgehead atoms. The molecular formula is C23H19ClN6O2. The van der Waals surface area contributed by atoms with E-state index in [0.717, 1.165) is 33.8 Å². The summed E-state index contributed by atoms with van der Waals surface area (Å²) in [6.07, 6.45) is 0. The average Bonchev–Trinajstić information content (AvgIpc) is 3.48. The van der Waals surface area contributed by atoms with Gasteiger partial charge in [-0.15, -0.1) is 5.10 Å². The predicted molar refractivity (Wildman–Crippen MR) is 119 cm³/mol. The Morgan fingerprint density at radius 2 is 1.75 bits per heavy atom. The van der Waals surface area contributed by atoms with Crippen LogP contribution in [0.5, 0.6) is 0 Å². The lowest BCUT2D eigenvalue weighted by Gasteiger charge is -2.00. The van der Waals surface area contributed by atoms with E-state index in [1.165, 1.54) is 0 Å². The summed E-state index contributed by atoms with van der Waals surface area (Å²) in [5.74, 6) is 2.05. The van der Waals surface area contributed by atoms with E-state index in [1.807, 2.05) is 57.2 Å². The summed E-state index contributed by atoms with van der Waals surface area (Å²) in [5, 5.41) is 13.2. The van der Waals surface area contributed by atoms with Gasteiger partial charge in [-0.2, -0.15) is 4.98 Å². The second-order valence-electron chi connectivity index (χ2n) is 7.51. The van der Waals surface area contributed by atoms with Crippen molar-refractivity contribution in [3.63, 3.8) is 0 Å². The van der Waals surface area contributed by atoms with Gasteiger partial charge >= 0.3 is 0 Å². The van der Waals surface area contributed by atoms with E-state index in [1.54, 1.807) is 16.8 Å². The van der Waals surface area contributed by atoms with Crippen LogP contribution in [0.15, 0.2) is 57.5 Å². The molecule has 0 N–H and O–H groups in total. The van der Waals surface area contributed by atoms with Crippen molar-refractivity contribution in [3.8, 4) is 34.4 Å². The molecule has 32 heavy (non-hydrogen) atoms. The normalized spacial score (nSPS) is 11.2. The van der Waals surface area contributed by atoms with Crippen LogP contribution in [-0.4, -0.2) is 30.1 Å². The van der Waals surface area contributed by atoms with E-state index in [2.05, 4.69) is 25.4 Å². The summed E-state index contributed by atoms with van der Waals surface area (Å²) >= 11 is 6.06. The molecule has 0 radical (unpaired) electrons. The third-order valence-corrected chi connectivity index (χ3v) is 5.39. The molecule has 0 atom stereocenters. The number of halogens is 1. The van der Waals surface area contributed by atoms with E-state index in [9.17, 15) is 0 Å². The van der Waals surface area contributed by atoms with Gasteiger partial charge in [0.25, 0.3) is 5.89 Å². The molecular weight excluding hydrogens is 428 g/mol. The Hall–Kier alpha value is -3.78. The van der Waals surface area contributed by atoms with Crippen LogP contribution in [0, 0.1) is 20.8 Å². The number of benzene rings is 2. The molecule has 3 heterocycles. The summed E-state index contributed by atoms with van der Waals surface area (Å²) in [7, 11) is 0. The fourth-order valence-electron chi connectivity index (χ4n) is 3.39. The van der Waals surface area contributed by atoms with Gasteiger partial charge in [0.2, 0.25) is 11.7 Å². The summed E-state index contributed by atoms with van der Waals surface area (Å²) in [4.78, 5) is 9.13. The van der Waals surface area contributed by atoms with E-state index >= 15 is 0 Å². The molecule has 0 aliphatic heterocycles. The molecule has 0 fully saturated rings. The lowest BCUT2D eigenvalue weighted by Crippen LogP contribution is -2.05. The van der Waals surface area contributed by atoms with Crippen molar-refractivity contribution in [2.75, 3.05) is 0 Å². The molecule has 5 rings (SSSR count). The number of hydrogen-bond acceptors (Lipinski definition) is 7. The van der Waals surface area contributed by atoms with Gasteiger partial charge in [-0.25, -0.2) is 9.67 Å². The van der Waals surface area contributed by atoms with Crippen molar-refractivity contribution in [1.29, 1.82) is 0 Å². The molecule has 0 saturated carbocycles. The maximum atomic E-state index is 6.06. The fraction of sp³-hybridized carbons (Fsp3) is 0.174. The third-order valence-electron chi connectivity index (χ3n) is 5.15. The number of aromatic nitrogens is 6. The Kier molecular flexibility index (Phi) is 5.07. The van der Waals surface area contributed by atoms with Crippen LogP contribution >= 0.6 is 11.6 Å². The highest BCUT2D eigenvalue weighted by atomic mass is 35.5. The number of rotatable bonds is 5. The standard InChI is InChI=1S/C23H19ClN6O2/c1-13-6-4-8-17(10-13)22-25-19(15(3)31-22)12-30-14(2)20(27-29-30)23-26-21(28-32-23)16-7-5-9-18(24)11-16/h4-11H,12H2,1-3H3. The highest BCUT2D eigenvalue weighted by Crippen LogP contribution is 2.26. The second kappa shape index (κ2) is 8.05. The lowest BCUT2D eigenvalue weighted by atomic mass is 10.1.